The number of anilines is 1. The number of likely N-dealkylation sites (N-methyl/N-ethyl adjacent to an activating group) is 1. The van der Waals surface area contributed by atoms with Crippen molar-refractivity contribution in [3.63, 3.8) is 0 Å². The number of halogens is 1. The van der Waals surface area contributed by atoms with Crippen molar-refractivity contribution in [3.8, 4) is 22.6 Å². The van der Waals surface area contributed by atoms with Crippen LogP contribution in [-0.4, -0.2) is 55.0 Å². The minimum absolute atomic E-state index is 0. The van der Waals surface area contributed by atoms with Crippen LogP contribution in [0.2, 0.25) is 0 Å². The van der Waals surface area contributed by atoms with Crippen molar-refractivity contribution >= 4 is 35.1 Å². The van der Waals surface area contributed by atoms with Crippen molar-refractivity contribution < 1.29 is 24.1 Å². The van der Waals surface area contributed by atoms with Gasteiger partial charge in [0.15, 0.2) is 11.5 Å². The number of cyclic esters (lactones) is 1. The predicted octanol–water partition coefficient (Wildman–Crippen LogP) is 3.22. The molecule has 0 bridgehead atoms. The molecule has 0 spiro atoms. The zero-order valence-corrected chi connectivity index (χ0v) is 18.4. The second kappa shape index (κ2) is 9.36. The van der Waals surface area contributed by atoms with Crippen LogP contribution < -0.4 is 14.4 Å². The number of benzene rings is 2. The third-order valence-electron chi connectivity index (χ3n) is 5.25. The van der Waals surface area contributed by atoms with E-state index in [-0.39, 0.29) is 31.6 Å². The number of esters is 1. The fraction of sp³-hybridized carbons (Fsp3) is 0.318. The molecule has 2 aromatic carbocycles. The molecule has 0 fully saturated rings. The number of hydrogen-bond acceptors (Lipinski definition) is 8. The van der Waals surface area contributed by atoms with Crippen LogP contribution in [0.5, 0.6) is 11.5 Å². The van der Waals surface area contributed by atoms with Gasteiger partial charge in [-0.1, -0.05) is 0 Å². The highest BCUT2D eigenvalue weighted by Gasteiger charge is 2.28. The Hall–Kier alpha value is -3.10. The molecule has 1 aliphatic rings. The Balaban J connectivity index is 0.00000272. The highest BCUT2D eigenvalue weighted by atomic mass is 35.5. The Morgan fingerprint density at radius 2 is 1.77 bits per heavy atom. The van der Waals surface area contributed by atoms with E-state index in [1.165, 1.54) is 0 Å². The normalized spacial score (nSPS) is 12.2. The van der Waals surface area contributed by atoms with Crippen LogP contribution in [-0.2, 0) is 11.3 Å². The van der Waals surface area contributed by atoms with Crippen molar-refractivity contribution in [3.05, 3.63) is 41.7 Å². The first-order chi connectivity index (χ1) is 14.6. The summed E-state index contributed by atoms with van der Waals surface area (Å²) in [5, 5.41) is 11.0. The maximum absolute atomic E-state index is 12.5. The van der Waals surface area contributed by atoms with E-state index in [1.807, 2.05) is 30.0 Å². The minimum Gasteiger partial charge on any atom is -0.493 e. The van der Waals surface area contributed by atoms with Gasteiger partial charge in [-0.25, -0.2) is 14.8 Å². The summed E-state index contributed by atoms with van der Waals surface area (Å²) in [5.74, 6) is 1.33. The Bertz CT molecular complexity index is 1100. The molecule has 31 heavy (non-hydrogen) atoms. The number of hydrogen-bond donors (Lipinski definition) is 1. The molecule has 0 saturated carbocycles. The molecule has 2 heterocycles. The summed E-state index contributed by atoms with van der Waals surface area (Å²) >= 11 is 0. The quantitative estimate of drug-likeness (QED) is 0.554. The molecule has 0 aliphatic carbocycles. The molecule has 4 rings (SSSR count). The van der Waals surface area contributed by atoms with Gasteiger partial charge >= 0.3 is 5.97 Å². The predicted molar refractivity (Wildman–Crippen MR) is 119 cm³/mol. The summed E-state index contributed by atoms with van der Waals surface area (Å²) in [5.41, 5.74) is 2.75. The summed E-state index contributed by atoms with van der Waals surface area (Å²) in [6, 6.07) is 5.68. The fourth-order valence-corrected chi connectivity index (χ4v) is 3.78. The van der Waals surface area contributed by atoms with Crippen LogP contribution >= 0.6 is 12.4 Å². The lowest BCUT2D eigenvalue weighted by molar-refractivity contribution is 0.0535. The van der Waals surface area contributed by atoms with Crippen molar-refractivity contribution in [1.29, 1.82) is 0 Å². The Morgan fingerprint density at radius 1 is 1.10 bits per heavy atom. The number of carbonyl (C=O) groups is 1. The van der Waals surface area contributed by atoms with Gasteiger partial charge in [0, 0.05) is 42.2 Å². The average Bonchev–Trinajstić information content (AvgIpc) is 3.15. The number of methoxy groups -OCH3 is 2. The first-order valence-corrected chi connectivity index (χ1v) is 9.68. The first-order valence-electron chi connectivity index (χ1n) is 9.68. The Labute approximate surface area is 186 Å². The zero-order valence-electron chi connectivity index (χ0n) is 17.5. The maximum Gasteiger partial charge on any atom is 0.339 e. The van der Waals surface area contributed by atoms with Gasteiger partial charge in [-0.3, -0.25) is 0 Å². The van der Waals surface area contributed by atoms with Gasteiger partial charge < -0.3 is 24.2 Å². The van der Waals surface area contributed by atoms with Crippen LogP contribution in [0.1, 0.15) is 22.8 Å². The fourth-order valence-electron chi connectivity index (χ4n) is 3.78. The van der Waals surface area contributed by atoms with E-state index in [1.54, 1.807) is 26.6 Å². The molecule has 1 aromatic heterocycles. The lowest BCUT2D eigenvalue weighted by atomic mass is 9.91. The number of fused-ring (bicyclic) bond motifs is 2. The van der Waals surface area contributed by atoms with Gasteiger partial charge in [0.2, 0.25) is 5.95 Å². The molecular formula is C22H24ClN3O5. The van der Waals surface area contributed by atoms with Gasteiger partial charge in [-0.05, 0) is 35.9 Å². The molecule has 0 saturated heterocycles. The number of rotatable bonds is 7. The van der Waals surface area contributed by atoms with E-state index in [4.69, 9.17) is 14.2 Å². The Kier molecular flexibility index (Phi) is 6.82. The highest BCUT2D eigenvalue weighted by Crippen LogP contribution is 2.42. The number of aliphatic hydroxyl groups excluding tert-OH is 1. The molecule has 164 valence electrons. The Morgan fingerprint density at radius 3 is 2.39 bits per heavy atom. The molecule has 8 nitrogen and oxygen atoms in total. The van der Waals surface area contributed by atoms with Crippen LogP contribution in [0.4, 0.5) is 5.95 Å². The van der Waals surface area contributed by atoms with Gasteiger partial charge in [0.1, 0.15) is 6.61 Å². The van der Waals surface area contributed by atoms with E-state index in [9.17, 15) is 9.90 Å². The summed E-state index contributed by atoms with van der Waals surface area (Å²) < 4.78 is 16.2. The summed E-state index contributed by atoms with van der Waals surface area (Å²) in [6.45, 7) is 3.34. The van der Waals surface area contributed by atoms with Crippen molar-refractivity contribution in [1.82, 2.24) is 9.97 Å². The van der Waals surface area contributed by atoms with Gasteiger partial charge in [0.25, 0.3) is 0 Å². The monoisotopic (exact) mass is 445 g/mol. The second-order valence-corrected chi connectivity index (χ2v) is 6.87. The smallest absolute Gasteiger partial charge is 0.339 e. The molecule has 0 amide bonds. The number of carbonyl (C=O) groups excluding carboxylic acids is 1. The minimum atomic E-state index is -0.365. The average molecular weight is 446 g/mol. The van der Waals surface area contributed by atoms with Gasteiger partial charge in [-0.2, -0.15) is 0 Å². The first kappa shape index (κ1) is 22.6. The third-order valence-corrected chi connectivity index (χ3v) is 5.25. The van der Waals surface area contributed by atoms with E-state index < -0.39 is 0 Å². The zero-order chi connectivity index (χ0) is 21.3. The third kappa shape index (κ3) is 3.96. The number of ether oxygens (including phenoxy) is 3. The summed E-state index contributed by atoms with van der Waals surface area (Å²) in [7, 11) is 3.16. The molecule has 0 radical (unpaired) electrons. The number of nitrogens with zero attached hydrogens (tertiary/aromatic N) is 3. The molecule has 3 aromatic rings. The molecule has 9 heteroatoms. The standard InChI is InChI=1S/C22H23N3O5.ClH/c1-4-25(5-6-26)22-23-10-15(11-24-22)19-16-9-18(29-3)17(28-2)8-13(16)7-14-12-30-21(27)20(14)19;/h7-11,26H,4-6,12H2,1-3H3;1H. The largest absolute Gasteiger partial charge is 0.493 e. The van der Waals surface area contributed by atoms with E-state index in [2.05, 4.69) is 9.97 Å². The SMILES string of the molecule is CCN(CCO)c1ncc(-c2c3c(cc4cc(OC)c(OC)cc24)COC3=O)cn1.Cl. The van der Waals surface area contributed by atoms with Crippen LogP contribution in [0, 0.1) is 0 Å². The van der Waals surface area contributed by atoms with E-state index in [0.717, 1.165) is 16.3 Å². The van der Waals surface area contributed by atoms with Gasteiger partial charge in [0.05, 0.1) is 26.4 Å². The second-order valence-electron chi connectivity index (χ2n) is 6.87. The maximum atomic E-state index is 12.5. The molecular weight excluding hydrogens is 422 g/mol. The van der Waals surface area contributed by atoms with Crippen LogP contribution in [0.3, 0.4) is 0 Å². The highest BCUT2D eigenvalue weighted by molar-refractivity contribution is 6.11. The molecule has 1 N–H and O–H groups in total. The van der Waals surface area contributed by atoms with Crippen molar-refractivity contribution in [2.45, 2.75) is 13.5 Å². The van der Waals surface area contributed by atoms with E-state index in [0.29, 0.717) is 47.2 Å². The topological polar surface area (TPSA) is 94.0 Å². The van der Waals surface area contributed by atoms with Crippen molar-refractivity contribution in [2.24, 2.45) is 0 Å². The van der Waals surface area contributed by atoms with E-state index >= 15 is 0 Å². The van der Waals surface area contributed by atoms with Crippen LogP contribution in [0.25, 0.3) is 21.9 Å². The lowest BCUT2D eigenvalue weighted by Crippen LogP contribution is -2.27. The molecule has 1 aliphatic heterocycles. The summed E-state index contributed by atoms with van der Waals surface area (Å²) in [6.07, 6.45) is 3.39. The molecule has 0 unspecified atom stereocenters. The van der Waals surface area contributed by atoms with Crippen LogP contribution in [0.15, 0.2) is 30.6 Å². The van der Waals surface area contributed by atoms with Crippen molar-refractivity contribution in [2.75, 3.05) is 38.8 Å². The lowest BCUT2D eigenvalue weighted by Gasteiger charge is -2.19. The number of aromatic nitrogens is 2. The summed E-state index contributed by atoms with van der Waals surface area (Å²) in [4.78, 5) is 23.4. The van der Waals surface area contributed by atoms with Gasteiger partial charge in [-0.15, -0.1) is 12.4 Å². The molecule has 0 atom stereocenters. The number of aliphatic hydroxyl groups is 1.